The predicted molar refractivity (Wildman–Crippen MR) is 107 cm³/mol. The van der Waals surface area contributed by atoms with Gasteiger partial charge in [-0.05, 0) is 30.5 Å². The van der Waals surface area contributed by atoms with E-state index in [0.717, 1.165) is 11.3 Å². The monoisotopic (exact) mass is 390 g/mol. The number of likely N-dealkylation sites (N-methyl/N-ethyl adjacent to an activating group) is 1. The Bertz CT molecular complexity index is 680. The maximum absolute atomic E-state index is 12.0. The molecular weight excluding hydrogens is 360 g/mol. The van der Waals surface area contributed by atoms with Crippen LogP contribution in [0.2, 0.25) is 0 Å². The fourth-order valence-corrected chi connectivity index (χ4v) is 2.97. The minimum Gasteiger partial charge on any atom is -0.497 e. The number of rotatable bonds is 6. The van der Waals surface area contributed by atoms with Crippen LogP contribution in [0.3, 0.4) is 0 Å². The molecule has 0 atom stereocenters. The number of esters is 1. The SMILES string of the molecule is COC(=O)C1CCN(C(=NCc2ccc(OC)cc2)NCC(=O)N(C)C)CC1. The van der Waals surface area contributed by atoms with Gasteiger partial charge >= 0.3 is 5.97 Å². The minimum atomic E-state index is -0.160. The van der Waals surface area contributed by atoms with Crippen LogP contribution >= 0.6 is 0 Å². The number of likely N-dealkylation sites (tertiary alicyclic amines) is 1. The van der Waals surface area contributed by atoms with Crippen LogP contribution in [-0.2, 0) is 20.9 Å². The highest BCUT2D eigenvalue weighted by molar-refractivity contribution is 5.86. The van der Waals surface area contributed by atoms with Crippen molar-refractivity contribution >= 4 is 17.8 Å². The molecule has 0 unspecified atom stereocenters. The molecule has 8 nitrogen and oxygen atoms in total. The molecule has 28 heavy (non-hydrogen) atoms. The third kappa shape index (κ3) is 6.14. The molecule has 0 radical (unpaired) electrons. The number of ether oxygens (including phenoxy) is 2. The van der Waals surface area contributed by atoms with Gasteiger partial charge in [0.2, 0.25) is 5.91 Å². The number of nitrogens with zero attached hydrogens (tertiary/aromatic N) is 3. The zero-order valence-electron chi connectivity index (χ0n) is 17.1. The van der Waals surface area contributed by atoms with E-state index in [1.54, 1.807) is 21.2 Å². The van der Waals surface area contributed by atoms with Crippen LogP contribution in [-0.4, -0.2) is 75.6 Å². The van der Waals surface area contributed by atoms with Crippen LogP contribution in [0.4, 0.5) is 0 Å². The van der Waals surface area contributed by atoms with Crippen molar-refractivity contribution in [2.75, 3.05) is 47.9 Å². The fraction of sp³-hybridized carbons (Fsp3) is 0.550. The van der Waals surface area contributed by atoms with Crippen molar-refractivity contribution in [2.45, 2.75) is 19.4 Å². The van der Waals surface area contributed by atoms with Crippen molar-refractivity contribution in [3.8, 4) is 5.75 Å². The highest BCUT2D eigenvalue weighted by atomic mass is 16.5. The topological polar surface area (TPSA) is 83.5 Å². The zero-order chi connectivity index (χ0) is 20.5. The van der Waals surface area contributed by atoms with Crippen molar-refractivity contribution in [3.63, 3.8) is 0 Å². The first kappa shape index (κ1) is 21.5. The summed E-state index contributed by atoms with van der Waals surface area (Å²) >= 11 is 0. The lowest BCUT2D eigenvalue weighted by molar-refractivity contribution is -0.146. The number of amides is 1. The molecule has 0 aliphatic carbocycles. The van der Waals surface area contributed by atoms with Gasteiger partial charge in [0, 0.05) is 27.2 Å². The van der Waals surface area contributed by atoms with E-state index in [-0.39, 0.29) is 24.3 Å². The summed E-state index contributed by atoms with van der Waals surface area (Å²) in [6.07, 6.45) is 1.41. The summed E-state index contributed by atoms with van der Waals surface area (Å²) in [6.45, 7) is 2.03. The van der Waals surface area contributed by atoms with E-state index in [2.05, 4.69) is 10.2 Å². The number of piperidine rings is 1. The fourth-order valence-electron chi connectivity index (χ4n) is 2.97. The van der Waals surface area contributed by atoms with E-state index in [0.29, 0.717) is 38.4 Å². The van der Waals surface area contributed by atoms with E-state index in [4.69, 9.17) is 14.5 Å². The van der Waals surface area contributed by atoms with Gasteiger partial charge in [-0.3, -0.25) is 9.59 Å². The van der Waals surface area contributed by atoms with Crippen LogP contribution in [0.1, 0.15) is 18.4 Å². The summed E-state index contributed by atoms with van der Waals surface area (Å²) in [5.74, 6) is 1.21. The van der Waals surface area contributed by atoms with Gasteiger partial charge in [-0.25, -0.2) is 4.99 Å². The second-order valence-electron chi connectivity index (χ2n) is 6.91. The average Bonchev–Trinajstić information content (AvgIpc) is 2.73. The molecule has 1 aliphatic heterocycles. The van der Waals surface area contributed by atoms with Gasteiger partial charge in [0.15, 0.2) is 5.96 Å². The number of aliphatic imine (C=N–C) groups is 1. The summed E-state index contributed by atoms with van der Waals surface area (Å²) in [4.78, 5) is 32.0. The number of carbonyl (C=O) groups excluding carboxylic acids is 2. The van der Waals surface area contributed by atoms with Crippen molar-refractivity contribution in [1.29, 1.82) is 0 Å². The van der Waals surface area contributed by atoms with Crippen LogP contribution in [0, 0.1) is 5.92 Å². The Morgan fingerprint density at radius 2 is 1.82 bits per heavy atom. The first-order valence-electron chi connectivity index (χ1n) is 9.38. The lowest BCUT2D eigenvalue weighted by Crippen LogP contribution is -2.49. The van der Waals surface area contributed by atoms with Crippen LogP contribution < -0.4 is 10.1 Å². The van der Waals surface area contributed by atoms with Gasteiger partial charge < -0.3 is 24.6 Å². The molecule has 8 heteroatoms. The molecule has 1 saturated heterocycles. The molecule has 1 aromatic rings. The number of methoxy groups -OCH3 is 2. The lowest BCUT2D eigenvalue weighted by atomic mass is 9.97. The molecule has 154 valence electrons. The molecular formula is C20H30N4O4. The minimum absolute atomic E-state index is 0.0263. The Labute approximate surface area is 166 Å². The molecule has 0 bridgehead atoms. The van der Waals surface area contributed by atoms with Gasteiger partial charge in [-0.1, -0.05) is 12.1 Å². The van der Waals surface area contributed by atoms with Crippen molar-refractivity contribution in [1.82, 2.24) is 15.1 Å². The number of carbonyl (C=O) groups is 2. The second-order valence-corrected chi connectivity index (χ2v) is 6.91. The molecule has 2 rings (SSSR count). The number of hydrogen-bond donors (Lipinski definition) is 1. The molecule has 0 spiro atoms. The van der Waals surface area contributed by atoms with Gasteiger partial charge in [-0.15, -0.1) is 0 Å². The van der Waals surface area contributed by atoms with Crippen molar-refractivity contribution in [2.24, 2.45) is 10.9 Å². The first-order valence-corrected chi connectivity index (χ1v) is 9.38. The second kappa shape index (κ2) is 10.5. The van der Waals surface area contributed by atoms with E-state index < -0.39 is 0 Å². The highest BCUT2D eigenvalue weighted by Crippen LogP contribution is 2.19. The van der Waals surface area contributed by atoms with Crippen molar-refractivity contribution in [3.05, 3.63) is 29.8 Å². The van der Waals surface area contributed by atoms with Gasteiger partial charge in [-0.2, -0.15) is 0 Å². The largest absolute Gasteiger partial charge is 0.497 e. The normalized spacial score (nSPS) is 15.1. The molecule has 1 heterocycles. The highest BCUT2D eigenvalue weighted by Gasteiger charge is 2.27. The van der Waals surface area contributed by atoms with Crippen LogP contribution in [0.25, 0.3) is 0 Å². The molecule has 1 N–H and O–H groups in total. The zero-order valence-corrected chi connectivity index (χ0v) is 17.1. The van der Waals surface area contributed by atoms with E-state index in [1.165, 1.54) is 12.0 Å². The standard InChI is InChI=1S/C20H30N4O4/c1-23(2)18(25)14-22-20(21-13-15-5-7-17(27-3)8-6-15)24-11-9-16(10-12-24)19(26)28-4/h5-8,16H,9-14H2,1-4H3,(H,21,22). The number of guanidine groups is 1. The van der Waals surface area contributed by atoms with E-state index in [1.807, 2.05) is 24.3 Å². The molecule has 1 aromatic carbocycles. The Kier molecular flexibility index (Phi) is 8.10. The summed E-state index contributed by atoms with van der Waals surface area (Å²) in [5, 5.41) is 3.17. The molecule has 1 fully saturated rings. The summed E-state index contributed by atoms with van der Waals surface area (Å²) < 4.78 is 10.0. The number of nitrogens with one attached hydrogen (secondary N) is 1. The number of hydrogen-bond acceptors (Lipinski definition) is 5. The molecule has 1 amide bonds. The predicted octanol–water partition coefficient (Wildman–Crippen LogP) is 1.11. The van der Waals surface area contributed by atoms with Crippen LogP contribution in [0.5, 0.6) is 5.75 Å². The Morgan fingerprint density at radius 3 is 2.36 bits per heavy atom. The first-order chi connectivity index (χ1) is 13.4. The Balaban J connectivity index is 2.05. The van der Waals surface area contributed by atoms with Crippen molar-refractivity contribution < 1.29 is 19.1 Å². The van der Waals surface area contributed by atoms with Gasteiger partial charge in [0.1, 0.15) is 5.75 Å². The summed E-state index contributed by atoms with van der Waals surface area (Å²) in [7, 11) is 6.50. The van der Waals surface area contributed by atoms with Crippen LogP contribution in [0.15, 0.2) is 29.3 Å². The molecule has 0 aromatic heterocycles. The van der Waals surface area contributed by atoms with Gasteiger partial charge in [0.25, 0.3) is 0 Å². The molecule has 0 saturated carbocycles. The smallest absolute Gasteiger partial charge is 0.308 e. The molecule has 1 aliphatic rings. The van der Waals surface area contributed by atoms with Gasteiger partial charge in [0.05, 0.1) is 33.2 Å². The maximum Gasteiger partial charge on any atom is 0.308 e. The average molecular weight is 390 g/mol. The Hall–Kier alpha value is -2.77. The Morgan fingerprint density at radius 1 is 1.18 bits per heavy atom. The lowest BCUT2D eigenvalue weighted by Gasteiger charge is -2.33. The number of benzene rings is 1. The third-order valence-corrected chi connectivity index (χ3v) is 4.80. The summed E-state index contributed by atoms with van der Waals surface area (Å²) in [6, 6.07) is 7.73. The summed E-state index contributed by atoms with van der Waals surface area (Å²) in [5.41, 5.74) is 1.04. The maximum atomic E-state index is 12.0. The van der Waals surface area contributed by atoms with E-state index >= 15 is 0 Å². The van der Waals surface area contributed by atoms with E-state index in [9.17, 15) is 9.59 Å². The third-order valence-electron chi connectivity index (χ3n) is 4.80. The quantitative estimate of drug-likeness (QED) is 0.445.